The molecule has 1 fully saturated rings. The number of pyridine rings is 1. The van der Waals surface area contributed by atoms with Crippen LogP contribution < -0.4 is 10.6 Å². The van der Waals surface area contributed by atoms with Gasteiger partial charge in [-0.15, -0.1) is 0 Å². The van der Waals surface area contributed by atoms with Crippen LogP contribution in [0, 0.1) is 0 Å². The number of aromatic nitrogens is 1. The third kappa shape index (κ3) is 2.58. The topological polar surface area (TPSA) is 74.3 Å². The fraction of sp³-hybridized carbons (Fsp3) is 0.417. The maximum atomic E-state index is 11.5. The second-order valence-corrected chi connectivity index (χ2v) is 4.08. The molecule has 0 aliphatic carbocycles. The van der Waals surface area contributed by atoms with Crippen molar-refractivity contribution in [3.05, 3.63) is 23.9 Å². The summed E-state index contributed by atoms with van der Waals surface area (Å²) in [5.41, 5.74) is 0.844. The van der Waals surface area contributed by atoms with Crippen LogP contribution in [0.15, 0.2) is 18.3 Å². The number of urea groups is 1. The number of hydrogen-bond acceptors (Lipinski definition) is 4. The van der Waals surface area contributed by atoms with Gasteiger partial charge in [0, 0.05) is 18.3 Å². The van der Waals surface area contributed by atoms with Crippen LogP contribution in [0.25, 0.3) is 0 Å². The van der Waals surface area contributed by atoms with E-state index in [1.54, 1.807) is 12.3 Å². The van der Waals surface area contributed by atoms with E-state index >= 15 is 0 Å². The normalized spacial score (nSPS) is 14.8. The molecule has 0 bridgehead atoms. The number of amides is 3. The minimum atomic E-state index is -0.342. The van der Waals surface area contributed by atoms with Crippen LogP contribution in [-0.4, -0.2) is 34.9 Å². The van der Waals surface area contributed by atoms with Crippen molar-refractivity contribution in [2.45, 2.75) is 19.9 Å². The lowest BCUT2D eigenvalue weighted by Gasteiger charge is -2.15. The number of imide groups is 1. The largest absolute Gasteiger partial charge is 0.370 e. The first-order chi connectivity index (χ1) is 8.72. The lowest BCUT2D eigenvalue weighted by molar-refractivity contribution is -0.125. The lowest BCUT2D eigenvalue weighted by atomic mass is 10.2. The molecule has 1 aliphatic heterocycles. The fourth-order valence-corrected chi connectivity index (χ4v) is 1.75. The van der Waals surface area contributed by atoms with E-state index in [4.69, 9.17) is 0 Å². The molecule has 6 nitrogen and oxygen atoms in total. The summed E-state index contributed by atoms with van der Waals surface area (Å²) in [5.74, 6) is 0.525. The van der Waals surface area contributed by atoms with Gasteiger partial charge in [0.1, 0.15) is 5.82 Å². The number of anilines is 1. The molecule has 0 aromatic carbocycles. The van der Waals surface area contributed by atoms with Crippen LogP contribution in [0.1, 0.15) is 18.9 Å². The van der Waals surface area contributed by atoms with Crippen molar-refractivity contribution in [2.75, 3.05) is 18.4 Å². The van der Waals surface area contributed by atoms with Crippen LogP contribution in [-0.2, 0) is 11.3 Å². The number of carbonyl (C=O) groups is 2. The molecule has 0 spiro atoms. The average molecular weight is 248 g/mol. The van der Waals surface area contributed by atoms with Crippen molar-refractivity contribution in [3.63, 3.8) is 0 Å². The van der Waals surface area contributed by atoms with Crippen LogP contribution in [0.2, 0.25) is 0 Å². The van der Waals surface area contributed by atoms with E-state index in [1.165, 1.54) is 4.90 Å². The lowest BCUT2D eigenvalue weighted by Crippen LogP contribution is -2.30. The highest BCUT2D eigenvalue weighted by Crippen LogP contribution is 2.15. The first kappa shape index (κ1) is 12.3. The molecule has 0 radical (unpaired) electrons. The Morgan fingerprint density at radius 3 is 3.00 bits per heavy atom. The van der Waals surface area contributed by atoms with Gasteiger partial charge in [-0.05, 0) is 12.5 Å². The molecule has 18 heavy (non-hydrogen) atoms. The molecule has 0 saturated carbocycles. The van der Waals surface area contributed by atoms with Gasteiger partial charge in [-0.1, -0.05) is 13.0 Å². The van der Waals surface area contributed by atoms with Gasteiger partial charge in [-0.3, -0.25) is 9.69 Å². The van der Waals surface area contributed by atoms with Crippen LogP contribution in [0.3, 0.4) is 0 Å². The number of nitrogens with zero attached hydrogens (tertiary/aromatic N) is 2. The van der Waals surface area contributed by atoms with Crippen molar-refractivity contribution in [1.29, 1.82) is 0 Å². The Bertz CT molecular complexity index is 445. The molecule has 1 aromatic heterocycles. The van der Waals surface area contributed by atoms with Gasteiger partial charge in [-0.25, -0.2) is 9.78 Å². The molecule has 0 unspecified atom stereocenters. The molecular formula is C12H16N4O2. The zero-order chi connectivity index (χ0) is 13.0. The van der Waals surface area contributed by atoms with Gasteiger partial charge < -0.3 is 10.6 Å². The average Bonchev–Trinajstić information content (AvgIpc) is 2.69. The van der Waals surface area contributed by atoms with E-state index in [9.17, 15) is 9.59 Å². The summed E-state index contributed by atoms with van der Waals surface area (Å²) in [6.07, 6.45) is 2.67. The summed E-state index contributed by atoms with van der Waals surface area (Å²) in [5, 5.41) is 5.68. The minimum absolute atomic E-state index is 0.0802. The van der Waals surface area contributed by atoms with E-state index in [0.717, 1.165) is 24.3 Å². The van der Waals surface area contributed by atoms with E-state index in [0.29, 0.717) is 0 Å². The number of hydrogen-bond donors (Lipinski definition) is 2. The molecule has 6 heteroatoms. The highest BCUT2D eigenvalue weighted by molar-refractivity contribution is 6.01. The van der Waals surface area contributed by atoms with Crippen molar-refractivity contribution in [3.8, 4) is 0 Å². The highest BCUT2D eigenvalue weighted by atomic mass is 16.2. The van der Waals surface area contributed by atoms with Crippen molar-refractivity contribution < 1.29 is 9.59 Å². The third-order valence-electron chi connectivity index (χ3n) is 2.70. The summed E-state index contributed by atoms with van der Waals surface area (Å²) in [6.45, 7) is 3.21. The molecule has 1 saturated heterocycles. The van der Waals surface area contributed by atoms with Crippen molar-refractivity contribution >= 4 is 17.8 Å². The Morgan fingerprint density at radius 1 is 1.50 bits per heavy atom. The molecule has 1 aliphatic rings. The summed E-state index contributed by atoms with van der Waals surface area (Å²) in [7, 11) is 0. The van der Waals surface area contributed by atoms with Gasteiger partial charge in [0.15, 0.2) is 0 Å². The Labute approximate surface area is 105 Å². The third-order valence-corrected chi connectivity index (χ3v) is 2.70. The molecule has 2 N–H and O–H groups in total. The van der Waals surface area contributed by atoms with Gasteiger partial charge in [0.2, 0.25) is 5.91 Å². The molecule has 3 amide bonds. The van der Waals surface area contributed by atoms with Crippen LogP contribution in [0.4, 0.5) is 10.6 Å². The Kier molecular flexibility index (Phi) is 3.76. The maximum Gasteiger partial charge on any atom is 0.324 e. The van der Waals surface area contributed by atoms with Gasteiger partial charge in [-0.2, -0.15) is 0 Å². The van der Waals surface area contributed by atoms with E-state index < -0.39 is 0 Å². The zero-order valence-corrected chi connectivity index (χ0v) is 10.3. The molecule has 2 heterocycles. The van der Waals surface area contributed by atoms with E-state index in [2.05, 4.69) is 22.5 Å². The fourth-order valence-electron chi connectivity index (χ4n) is 1.75. The maximum absolute atomic E-state index is 11.5. The molecule has 96 valence electrons. The number of nitrogens with one attached hydrogen (secondary N) is 2. The second kappa shape index (κ2) is 5.48. The van der Waals surface area contributed by atoms with Crippen LogP contribution >= 0.6 is 0 Å². The SMILES string of the molecule is CCCNc1ncccc1CN1C(=O)CNC1=O. The quantitative estimate of drug-likeness (QED) is 0.761. The first-order valence-electron chi connectivity index (χ1n) is 5.98. The monoisotopic (exact) mass is 248 g/mol. The highest BCUT2D eigenvalue weighted by Gasteiger charge is 2.28. The number of carbonyl (C=O) groups excluding carboxylic acids is 2. The number of rotatable bonds is 5. The van der Waals surface area contributed by atoms with Crippen LogP contribution in [0.5, 0.6) is 0 Å². The van der Waals surface area contributed by atoms with E-state index in [-0.39, 0.29) is 25.0 Å². The predicted molar refractivity (Wildman–Crippen MR) is 67.0 cm³/mol. The molecular weight excluding hydrogens is 232 g/mol. The summed E-state index contributed by atoms with van der Waals surface area (Å²) in [6, 6.07) is 3.32. The smallest absolute Gasteiger partial charge is 0.324 e. The Balaban J connectivity index is 2.13. The Hall–Kier alpha value is -2.11. The zero-order valence-electron chi connectivity index (χ0n) is 10.3. The van der Waals surface area contributed by atoms with Gasteiger partial charge >= 0.3 is 6.03 Å². The minimum Gasteiger partial charge on any atom is -0.370 e. The van der Waals surface area contributed by atoms with Gasteiger partial charge in [0.05, 0.1) is 13.1 Å². The molecule has 0 atom stereocenters. The summed E-state index contributed by atoms with van der Waals surface area (Å²) in [4.78, 5) is 28.4. The molecule has 2 rings (SSSR count). The van der Waals surface area contributed by atoms with Crippen molar-refractivity contribution in [2.24, 2.45) is 0 Å². The van der Waals surface area contributed by atoms with E-state index in [1.807, 2.05) is 6.07 Å². The predicted octanol–water partition coefficient (Wildman–Crippen LogP) is 0.955. The van der Waals surface area contributed by atoms with Gasteiger partial charge in [0.25, 0.3) is 0 Å². The summed E-state index contributed by atoms with van der Waals surface area (Å²) >= 11 is 0. The molecule has 1 aromatic rings. The summed E-state index contributed by atoms with van der Waals surface area (Å²) < 4.78 is 0. The van der Waals surface area contributed by atoms with Crippen molar-refractivity contribution in [1.82, 2.24) is 15.2 Å². The first-order valence-corrected chi connectivity index (χ1v) is 5.98. The second-order valence-electron chi connectivity index (χ2n) is 4.08. The Morgan fingerprint density at radius 2 is 2.33 bits per heavy atom. The standard InChI is InChI=1S/C12H16N4O2/c1-2-5-13-11-9(4-3-6-14-11)8-16-10(17)7-15-12(16)18/h3-4,6H,2,5,7-8H2,1H3,(H,13,14)(H,15,18).